The Labute approximate surface area is 212 Å². The zero-order chi connectivity index (χ0) is 25.7. The van der Waals surface area contributed by atoms with Crippen LogP contribution in [0.2, 0.25) is 0 Å². The minimum Gasteiger partial charge on any atom is -0.481 e. The molecule has 7 heteroatoms. The molecule has 1 amide bonds. The lowest BCUT2D eigenvalue weighted by Crippen LogP contribution is -2.30. The molecule has 36 heavy (non-hydrogen) atoms. The van der Waals surface area contributed by atoms with Crippen molar-refractivity contribution in [2.75, 3.05) is 10.0 Å². The fraction of sp³-hybridized carbons (Fsp3) is 0.138. The van der Waals surface area contributed by atoms with Crippen LogP contribution in [0.1, 0.15) is 18.1 Å². The number of ether oxygens (including phenoxy) is 1. The van der Waals surface area contributed by atoms with Gasteiger partial charge in [-0.05, 0) is 91.6 Å². The van der Waals surface area contributed by atoms with Crippen molar-refractivity contribution in [3.05, 3.63) is 108 Å². The van der Waals surface area contributed by atoms with E-state index in [1.807, 2.05) is 74.5 Å². The van der Waals surface area contributed by atoms with Gasteiger partial charge in [-0.15, -0.1) is 0 Å². The van der Waals surface area contributed by atoms with Crippen LogP contribution in [0.3, 0.4) is 0 Å². The lowest BCUT2D eigenvalue weighted by Gasteiger charge is -2.15. The van der Waals surface area contributed by atoms with Crippen LogP contribution in [0.4, 0.5) is 11.4 Å². The third-order valence-corrected chi connectivity index (χ3v) is 6.95. The lowest BCUT2D eigenvalue weighted by atomic mass is 10.1. The minimum absolute atomic E-state index is 0.0995. The highest BCUT2D eigenvalue weighted by Gasteiger charge is 2.17. The molecule has 0 saturated heterocycles. The molecule has 2 N–H and O–H groups in total. The molecule has 4 aromatic rings. The average Bonchev–Trinajstić information content (AvgIpc) is 2.84. The topological polar surface area (TPSA) is 84.5 Å². The fourth-order valence-electron chi connectivity index (χ4n) is 3.82. The maximum Gasteiger partial charge on any atom is 0.265 e. The number of rotatable bonds is 8. The predicted molar refractivity (Wildman–Crippen MR) is 144 cm³/mol. The first-order valence-electron chi connectivity index (χ1n) is 11.5. The Hall–Kier alpha value is -4.10. The summed E-state index contributed by atoms with van der Waals surface area (Å²) in [5.41, 5.74) is 5.07. The Balaban J connectivity index is 1.36. The van der Waals surface area contributed by atoms with Crippen LogP contribution >= 0.6 is 0 Å². The van der Waals surface area contributed by atoms with E-state index in [1.165, 1.54) is 12.1 Å². The summed E-state index contributed by atoms with van der Waals surface area (Å²) >= 11 is 0. The van der Waals surface area contributed by atoms with Gasteiger partial charge in [-0.25, -0.2) is 8.42 Å². The smallest absolute Gasteiger partial charge is 0.265 e. The summed E-state index contributed by atoms with van der Waals surface area (Å²) in [5.74, 6) is 0.238. The van der Waals surface area contributed by atoms with Crippen molar-refractivity contribution in [3.63, 3.8) is 0 Å². The first-order chi connectivity index (χ1) is 17.2. The molecule has 0 spiro atoms. The monoisotopic (exact) mass is 500 g/mol. The second kappa shape index (κ2) is 10.7. The fourth-order valence-corrected chi connectivity index (χ4v) is 4.86. The van der Waals surface area contributed by atoms with E-state index in [1.54, 1.807) is 31.2 Å². The van der Waals surface area contributed by atoms with Crippen molar-refractivity contribution in [1.29, 1.82) is 0 Å². The molecule has 0 aliphatic heterocycles. The van der Waals surface area contributed by atoms with Gasteiger partial charge in [0.05, 0.1) is 4.90 Å². The Morgan fingerprint density at radius 2 is 1.33 bits per heavy atom. The molecule has 1 atom stereocenters. The zero-order valence-electron chi connectivity index (χ0n) is 20.4. The van der Waals surface area contributed by atoms with Gasteiger partial charge in [0.25, 0.3) is 15.9 Å². The number of nitrogens with one attached hydrogen (secondary N) is 2. The number of aryl methyl sites for hydroxylation is 2. The Morgan fingerprint density at radius 1 is 0.750 bits per heavy atom. The molecule has 0 bridgehead atoms. The molecular formula is C29H28N2O4S. The summed E-state index contributed by atoms with van der Waals surface area (Å²) in [6, 6.07) is 29.1. The summed E-state index contributed by atoms with van der Waals surface area (Å²) in [4.78, 5) is 12.7. The highest BCUT2D eigenvalue weighted by Crippen LogP contribution is 2.23. The standard InChI is InChI=1S/C29H28N2O4S/c1-20-17-21(2)19-26(18-20)31-36(33,34)28-15-11-25(12-16-28)30-29(32)22(3)35-27-13-9-24(10-14-27)23-7-5-4-6-8-23/h4-19,22,31H,1-3H3,(H,30,32). The molecule has 0 radical (unpaired) electrons. The third-order valence-electron chi connectivity index (χ3n) is 5.55. The van der Waals surface area contributed by atoms with Gasteiger partial charge in [0, 0.05) is 11.4 Å². The Kier molecular flexibility index (Phi) is 7.41. The first kappa shape index (κ1) is 25.0. The molecule has 6 nitrogen and oxygen atoms in total. The molecule has 0 aliphatic rings. The van der Waals surface area contributed by atoms with Gasteiger partial charge < -0.3 is 10.1 Å². The van der Waals surface area contributed by atoms with Crippen molar-refractivity contribution < 1.29 is 17.9 Å². The lowest BCUT2D eigenvalue weighted by molar-refractivity contribution is -0.122. The van der Waals surface area contributed by atoms with Crippen LogP contribution in [0, 0.1) is 13.8 Å². The molecule has 184 valence electrons. The number of anilines is 2. The van der Waals surface area contributed by atoms with E-state index in [4.69, 9.17) is 4.74 Å². The number of benzene rings is 4. The van der Waals surface area contributed by atoms with Crippen molar-refractivity contribution in [2.24, 2.45) is 0 Å². The Bertz CT molecular complexity index is 1430. The largest absolute Gasteiger partial charge is 0.481 e. The van der Waals surface area contributed by atoms with Gasteiger partial charge in [0.1, 0.15) is 5.75 Å². The van der Waals surface area contributed by atoms with E-state index in [0.29, 0.717) is 17.1 Å². The number of amides is 1. The van der Waals surface area contributed by atoms with Crippen LogP contribution in [0.25, 0.3) is 11.1 Å². The van der Waals surface area contributed by atoms with Gasteiger partial charge in [0.2, 0.25) is 0 Å². The van der Waals surface area contributed by atoms with Crippen LogP contribution in [0.15, 0.2) is 102 Å². The molecule has 0 fully saturated rings. The molecule has 1 unspecified atom stereocenters. The number of carbonyl (C=O) groups is 1. The van der Waals surface area contributed by atoms with Crippen LogP contribution in [-0.4, -0.2) is 20.4 Å². The van der Waals surface area contributed by atoms with Crippen LogP contribution in [-0.2, 0) is 14.8 Å². The number of hydrogen-bond acceptors (Lipinski definition) is 4. The number of hydrogen-bond donors (Lipinski definition) is 2. The molecular weight excluding hydrogens is 472 g/mol. The predicted octanol–water partition coefficient (Wildman–Crippen LogP) is 6.18. The molecule has 0 saturated carbocycles. The van der Waals surface area contributed by atoms with E-state index < -0.39 is 16.1 Å². The highest BCUT2D eigenvalue weighted by atomic mass is 32.2. The summed E-state index contributed by atoms with van der Waals surface area (Å²) < 4.78 is 33.9. The second-order valence-electron chi connectivity index (χ2n) is 8.65. The van der Waals surface area contributed by atoms with Crippen LogP contribution < -0.4 is 14.8 Å². The van der Waals surface area contributed by atoms with E-state index >= 15 is 0 Å². The highest BCUT2D eigenvalue weighted by molar-refractivity contribution is 7.92. The van der Waals surface area contributed by atoms with Crippen molar-refractivity contribution >= 4 is 27.3 Å². The van der Waals surface area contributed by atoms with E-state index in [0.717, 1.165) is 22.3 Å². The SMILES string of the molecule is Cc1cc(C)cc(NS(=O)(=O)c2ccc(NC(=O)C(C)Oc3ccc(-c4ccccc4)cc3)cc2)c1. The maximum absolute atomic E-state index is 12.8. The zero-order valence-corrected chi connectivity index (χ0v) is 21.2. The van der Waals surface area contributed by atoms with Gasteiger partial charge in [0.15, 0.2) is 6.10 Å². The molecule has 0 aromatic heterocycles. The molecule has 4 aromatic carbocycles. The summed E-state index contributed by atoms with van der Waals surface area (Å²) in [6.07, 6.45) is -0.748. The summed E-state index contributed by atoms with van der Waals surface area (Å²) in [5, 5.41) is 2.76. The third kappa shape index (κ3) is 6.31. The molecule has 4 rings (SSSR count). The Morgan fingerprint density at radius 3 is 1.94 bits per heavy atom. The van der Waals surface area contributed by atoms with E-state index in [-0.39, 0.29) is 10.8 Å². The van der Waals surface area contributed by atoms with Crippen molar-refractivity contribution in [2.45, 2.75) is 31.8 Å². The normalized spacial score (nSPS) is 12.0. The number of sulfonamides is 1. The quantitative estimate of drug-likeness (QED) is 0.303. The van der Waals surface area contributed by atoms with E-state index in [9.17, 15) is 13.2 Å². The van der Waals surface area contributed by atoms with Crippen LogP contribution in [0.5, 0.6) is 5.75 Å². The molecule has 0 heterocycles. The first-order valence-corrected chi connectivity index (χ1v) is 13.0. The molecule has 0 aliphatic carbocycles. The average molecular weight is 501 g/mol. The van der Waals surface area contributed by atoms with Gasteiger partial charge in [-0.1, -0.05) is 48.5 Å². The number of carbonyl (C=O) groups excluding carboxylic acids is 1. The van der Waals surface area contributed by atoms with Gasteiger partial charge in [-0.2, -0.15) is 0 Å². The summed E-state index contributed by atoms with van der Waals surface area (Å²) in [6.45, 7) is 5.48. The summed E-state index contributed by atoms with van der Waals surface area (Å²) in [7, 11) is -3.76. The maximum atomic E-state index is 12.8. The second-order valence-corrected chi connectivity index (χ2v) is 10.3. The van der Waals surface area contributed by atoms with Gasteiger partial charge >= 0.3 is 0 Å². The minimum atomic E-state index is -3.76. The van der Waals surface area contributed by atoms with E-state index in [2.05, 4.69) is 10.0 Å². The van der Waals surface area contributed by atoms with Gasteiger partial charge in [-0.3, -0.25) is 9.52 Å². The van der Waals surface area contributed by atoms with Crippen molar-refractivity contribution in [1.82, 2.24) is 0 Å². The van der Waals surface area contributed by atoms with Crippen molar-refractivity contribution in [3.8, 4) is 16.9 Å².